The number of aromatic nitrogens is 2. The van der Waals surface area contributed by atoms with Crippen LogP contribution in [0.2, 0.25) is 0 Å². The molecule has 0 radical (unpaired) electrons. The fourth-order valence-electron chi connectivity index (χ4n) is 1.49. The number of rotatable bonds is 7. The van der Waals surface area contributed by atoms with Crippen molar-refractivity contribution < 1.29 is 8.42 Å². The SMILES string of the molecule is CCNCc1csc(S(=O)(=O)NCc2ncc[nH]2)c1. The number of hydrogen-bond acceptors (Lipinski definition) is 5. The van der Waals surface area contributed by atoms with Gasteiger partial charge in [-0.3, -0.25) is 0 Å². The normalized spacial score (nSPS) is 11.8. The molecule has 0 bridgehead atoms. The number of aromatic amines is 1. The fourth-order valence-corrected chi connectivity index (χ4v) is 3.73. The highest BCUT2D eigenvalue weighted by Gasteiger charge is 2.16. The highest BCUT2D eigenvalue weighted by Crippen LogP contribution is 2.20. The molecule has 0 atom stereocenters. The van der Waals surface area contributed by atoms with Crippen molar-refractivity contribution in [3.05, 3.63) is 35.2 Å². The van der Waals surface area contributed by atoms with Crippen LogP contribution in [0.1, 0.15) is 18.3 Å². The number of H-pyrrole nitrogens is 1. The molecule has 0 fully saturated rings. The quantitative estimate of drug-likeness (QED) is 0.713. The van der Waals surface area contributed by atoms with E-state index in [4.69, 9.17) is 0 Å². The minimum absolute atomic E-state index is 0.162. The predicted octanol–water partition coefficient (Wildman–Crippen LogP) is 1.06. The van der Waals surface area contributed by atoms with Crippen molar-refractivity contribution in [2.24, 2.45) is 0 Å². The summed E-state index contributed by atoms with van der Waals surface area (Å²) in [6.45, 7) is 3.71. The molecule has 0 spiro atoms. The zero-order valence-electron chi connectivity index (χ0n) is 10.5. The van der Waals surface area contributed by atoms with Crippen molar-refractivity contribution in [3.8, 4) is 0 Å². The first-order valence-electron chi connectivity index (χ1n) is 5.88. The van der Waals surface area contributed by atoms with Crippen LogP contribution in [-0.4, -0.2) is 24.9 Å². The van der Waals surface area contributed by atoms with Gasteiger partial charge in [-0.05, 0) is 23.6 Å². The van der Waals surface area contributed by atoms with E-state index in [0.717, 1.165) is 12.1 Å². The molecule has 8 heteroatoms. The number of nitrogens with zero attached hydrogens (tertiary/aromatic N) is 1. The summed E-state index contributed by atoms with van der Waals surface area (Å²) >= 11 is 1.22. The van der Waals surface area contributed by atoms with Gasteiger partial charge >= 0.3 is 0 Å². The maximum Gasteiger partial charge on any atom is 0.250 e. The Bertz CT molecular complexity index is 604. The van der Waals surface area contributed by atoms with E-state index in [1.807, 2.05) is 12.3 Å². The van der Waals surface area contributed by atoms with Crippen molar-refractivity contribution in [3.63, 3.8) is 0 Å². The molecular formula is C11H16N4O2S2. The van der Waals surface area contributed by atoms with Gasteiger partial charge < -0.3 is 10.3 Å². The molecule has 2 rings (SSSR count). The Hall–Kier alpha value is -1.22. The summed E-state index contributed by atoms with van der Waals surface area (Å²) in [5.41, 5.74) is 0.977. The first kappa shape index (κ1) is 14.2. The van der Waals surface area contributed by atoms with E-state index in [9.17, 15) is 8.42 Å². The van der Waals surface area contributed by atoms with Crippen LogP contribution >= 0.6 is 11.3 Å². The summed E-state index contributed by atoms with van der Waals surface area (Å²) in [6, 6.07) is 1.69. The van der Waals surface area contributed by atoms with E-state index in [1.54, 1.807) is 18.5 Å². The third kappa shape index (κ3) is 3.87. The first-order chi connectivity index (χ1) is 9.12. The summed E-state index contributed by atoms with van der Waals surface area (Å²) in [5, 5.41) is 5.01. The van der Waals surface area contributed by atoms with Crippen molar-refractivity contribution in [2.45, 2.75) is 24.2 Å². The van der Waals surface area contributed by atoms with Crippen LogP contribution in [0.4, 0.5) is 0 Å². The molecule has 0 saturated heterocycles. The molecule has 0 aromatic carbocycles. The second-order valence-electron chi connectivity index (χ2n) is 3.91. The van der Waals surface area contributed by atoms with Gasteiger partial charge in [0.15, 0.2) is 0 Å². The molecule has 6 nitrogen and oxygen atoms in total. The molecule has 0 aliphatic heterocycles. The Morgan fingerprint density at radius 2 is 2.26 bits per heavy atom. The summed E-state index contributed by atoms with van der Waals surface area (Å²) in [5.74, 6) is 0.591. The standard InChI is InChI=1S/C11H16N4O2S2/c1-2-12-6-9-5-11(18-8-9)19(16,17)15-7-10-13-3-4-14-10/h3-5,8,12,15H,2,6-7H2,1H3,(H,13,14). The maximum atomic E-state index is 12.1. The second kappa shape index (κ2) is 6.29. The summed E-state index contributed by atoms with van der Waals surface area (Å²) < 4.78 is 26.9. The van der Waals surface area contributed by atoms with Crippen LogP contribution in [0.15, 0.2) is 28.0 Å². The molecule has 0 unspecified atom stereocenters. The second-order valence-corrected chi connectivity index (χ2v) is 6.82. The van der Waals surface area contributed by atoms with Crippen LogP contribution in [0, 0.1) is 0 Å². The third-order valence-corrected chi connectivity index (χ3v) is 5.35. The molecule has 2 aromatic rings. The molecule has 104 valence electrons. The Labute approximate surface area is 116 Å². The lowest BCUT2D eigenvalue weighted by atomic mass is 10.3. The average molecular weight is 300 g/mol. The number of imidazole rings is 1. The lowest BCUT2D eigenvalue weighted by molar-refractivity contribution is 0.581. The van der Waals surface area contributed by atoms with Gasteiger partial charge in [-0.15, -0.1) is 11.3 Å². The van der Waals surface area contributed by atoms with Crippen LogP contribution in [-0.2, 0) is 23.1 Å². The van der Waals surface area contributed by atoms with Gasteiger partial charge in [-0.25, -0.2) is 18.1 Å². The van der Waals surface area contributed by atoms with Gasteiger partial charge in [-0.2, -0.15) is 0 Å². The summed E-state index contributed by atoms with van der Waals surface area (Å²) in [4.78, 5) is 6.82. The maximum absolute atomic E-state index is 12.1. The van der Waals surface area contributed by atoms with Gasteiger partial charge in [0, 0.05) is 18.9 Å². The molecule has 0 amide bonds. The minimum atomic E-state index is -3.46. The topological polar surface area (TPSA) is 86.9 Å². The van der Waals surface area contributed by atoms with E-state index in [2.05, 4.69) is 20.0 Å². The zero-order chi connectivity index (χ0) is 13.7. The molecule has 19 heavy (non-hydrogen) atoms. The number of hydrogen-bond donors (Lipinski definition) is 3. The lowest BCUT2D eigenvalue weighted by Crippen LogP contribution is -2.23. The smallest absolute Gasteiger partial charge is 0.250 e. The Morgan fingerprint density at radius 1 is 1.42 bits per heavy atom. The predicted molar refractivity (Wildman–Crippen MR) is 74.3 cm³/mol. The molecular weight excluding hydrogens is 284 g/mol. The molecule has 2 heterocycles. The van der Waals surface area contributed by atoms with E-state index in [0.29, 0.717) is 16.6 Å². The van der Waals surface area contributed by atoms with Crippen molar-refractivity contribution in [1.29, 1.82) is 0 Å². The highest BCUT2D eigenvalue weighted by molar-refractivity contribution is 7.91. The van der Waals surface area contributed by atoms with Gasteiger partial charge in [-0.1, -0.05) is 6.92 Å². The van der Waals surface area contributed by atoms with E-state index in [1.165, 1.54) is 11.3 Å². The fraction of sp³-hybridized carbons (Fsp3) is 0.364. The van der Waals surface area contributed by atoms with Crippen molar-refractivity contribution in [1.82, 2.24) is 20.0 Å². The van der Waals surface area contributed by atoms with Gasteiger partial charge in [0.2, 0.25) is 10.0 Å². The zero-order valence-corrected chi connectivity index (χ0v) is 12.1. The summed E-state index contributed by atoms with van der Waals surface area (Å²) in [6.07, 6.45) is 3.24. The van der Waals surface area contributed by atoms with Crippen LogP contribution < -0.4 is 10.0 Å². The largest absolute Gasteiger partial charge is 0.347 e. The average Bonchev–Trinajstić information content (AvgIpc) is 3.05. The minimum Gasteiger partial charge on any atom is -0.347 e. The Morgan fingerprint density at radius 3 is 2.95 bits per heavy atom. The molecule has 0 aliphatic carbocycles. The van der Waals surface area contributed by atoms with Crippen molar-refractivity contribution in [2.75, 3.05) is 6.54 Å². The molecule has 2 aromatic heterocycles. The van der Waals surface area contributed by atoms with E-state index >= 15 is 0 Å². The van der Waals surface area contributed by atoms with E-state index in [-0.39, 0.29) is 6.54 Å². The molecule has 3 N–H and O–H groups in total. The molecule has 0 saturated carbocycles. The van der Waals surface area contributed by atoms with Crippen molar-refractivity contribution >= 4 is 21.4 Å². The van der Waals surface area contributed by atoms with Gasteiger partial charge in [0.25, 0.3) is 0 Å². The van der Waals surface area contributed by atoms with Gasteiger partial charge in [0.1, 0.15) is 10.0 Å². The Kier molecular flexibility index (Phi) is 4.70. The monoisotopic (exact) mass is 300 g/mol. The van der Waals surface area contributed by atoms with Gasteiger partial charge in [0.05, 0.1) is 6.54 Å². The number of nitrogens with one attached hydrogen (secondary N) is 3. The lowest BCUT2D eigenvalue weighted by Gasteiger charge is -2.02. The highest BCUT2D eigenvalue weighted by atomic mass is 32.2. The van der Waals surface area contributed by atoms with Crippen LogP contribution in [0.5, 0.6) is 0 Å². The van der Waals surface area contributed by atoms with Crippen LogP contribution in [0.3, 0.4) is 0 Å². The Balaban J connectivity index is 2.00. The number of thiophene rings is 1. The van der Waals surface area contributed by atoms with Crippen LogP contribution in [0.25, 0.3) is 0 Å². The third-order valence-electron chi connectivity index (χ3n) is 2.46. The molecule has 0 aliphatic rings. The first-order valence-corrected chi connectivity index (χ1v) is 8.24. The number of sulfonamides is 1. The van der Waals surface area contributed by atoms with E-state index < -0.39 is 10.0 Å². The summed E-state index contributed by atoms with van der Waals surface area (Å²) in [7, 11) is -3.46.